The number of hydrogen-bond donors (Lipinski definition) is 2. The average Bonchev–Trinajstić information content (AvgIpc) is 2.50. The van der Waals surface area contributed by atoms with Crippen LogP contribution in [0.4, 0.5) is 5.69 Å². The second-order valence-corrected chi connectivity index (χ2v) is 4.66. The Morgan fingerprint density at radius 3 is 2.50 bits per heavy atom. The predicted molar refractivity (Wildman–Crippen MR) is 78.7 cm³/mol. The smallest absolute Gasteiger partial charge is 0.328 e. The van der Waals surface area contributed by atoms with Crippen LogP contribution in [0.1, 0.15) is 30.6 Å². The van der Waals surface area contributed by atoms with Crippen LogP contribution in [-0.2, 0) is 9.53 Å². The van der Waals surface area contributed by atoms with Crippen molar-refractivity contribution in [1.82, 2.24) is 5.32 Å². The monoisotopic (exact) mass is 278 g/mol. The quantitative estimate of drug-likeness (QED) is 0.781. The molecule has 5 heteroatoms. The summed E-state index contributed by atoms with van der Waals surface area (Å²) >= 11 is 0. The van der Waals surface area contributed by atoms with Gasteiger partial charge in [-0.05, 0) is 18.1 Å². The molecule has 0 aromatic heterocycles. The molecule has 0 radical (unpaired) electrons. The van der Waals surface area contributed by atoms with Crippen LogP contribution in [0.15, 0.2) is 24.3 Å². The molecule has 2 unspecified atom stereocenters. The van der Waals surface area contributed by atoms with Crippen LogP contribution in [0.3, 0.4) is 0 Å². The number of hydrogen-bond acceptors (Lipinski definition) is 4. The number of benzene rings is 1. The largest absolute Gasteiger partial charge is 0.467 e. The molecule has 0 saturated heterocycles. The Bertz CT molecular complexity index is 474. The lowest BCUT2D eigenvalue weighted by Gasteiger charge is -2.22. The minimum absolute atomic E-state index is 0.00754. The van der Waals surface area contributed by atoms with Gasteiger partial charge in [0.15, 0.2) is 0 Å². The third-order valence-electron chi connectivity index (χ3n) is 3.40. The predicted octanol–water partition coefficient (Wildman–Crippen LogP) is 2.05. The lowest BCUT2D eigenvalue weighted by atomic mass is 9.98. The fourth-order valence-electron chi connectivity index (χ4n) is 1.91. The van der Waals surface area contributed by atoms with Gasteiger partial charge in [-0.25, -0.2) is 4.79 Å². The van der Waals surface area contributed by atoms with E-state index in [1.165, 1.54) is 7.11 Å². The van der Waals surface area contributed by atoms with Crippen molar-refractivity contribution < 1.29 is 14.3 Å². The highest BCUT2D eigenvalue weighted by atomic mass is 16.5. The van der Waals surface area contributed by atoms with E-state index in [1.54, 1.807) is 19.2 Å². The Morgan fingerprint density at radius 1 is 1.30 bits per heavy atom. The van der Waals surface area contributed by atoms with Gasteiger partial charge in [-0.2, -0.15) is 0 Å². The molecule has 20 heavy (non-hydrogen) atoms. The van der Waals surface area contributed by atoms with E-state index in [2.05, 4.69) is 10.6 Å². The van der Waals surface area contributed by atoms with Crippen LogP contribution >= 0.6 is 0 Å². The zero-order valence-corrected chi connectivity index (χ0v) is 12.4. The molecule has 1 aromatic rings. The molecule has 1 amide bonds. The first-order valence-corrected chi connectivity index (χ1v) is 6.70. The van der Waals surface area contributed by atoms with E-state index in [0.29, 0.717) is 5.56 Å². The molecule has 0 saturated carbocycles. The van der Waals surface area contributed by atoms with Crippen molar-refractivity contribution in [3.8, 4) is 0 Å². The molecule has 5 nitrogen and oxygen atoms in total. The third-order valence-corrected chi connectivity index (χ3v) is 3.40. The van der Waals surface area contributed by atoms with Crippen LogP contribution in [0.25, 0.3) is 0 Å². The molecule has 110 valence electrons. The number of esters is 1. The summed E-state index contributed by atoms with van der Waals surface area (Å²) in [7, 11) is 3.07. The van der Waals surface area contributed by atoms with Gasteiger partial charge >= 0.3 is 5.97 Å². The summed E-state index contributed by atoms with van der Waals surface area (Å²) in [5, 5.41) is 5.72. The maximum absolute atomic E-state index is 12.3. The number of methoxy groups -OCH3 is 1. The fourth-order valence-corrected chi connectivity index (χ4v) is 1.91. The topological polar surface area (TPSA) is 67.4 Å². The van der Waals surface area contributed by atoms with Crippen molar-refractivity contribution in [1.29, 1.82) is 0 Å². The average molecular weight is 278 g/mol. The van der Waals surface area contributed by atoms with Gasteiger partial charge in [0, 0.05) is 12.7 Å². The van der Waals surface area contributed by atoms with Crippen molar-refractivity contribution in [3.63, 3.8) is 0 Å². The Balaban J connectivity index is 2.93. The van der Waals surface area contributed by atoms with Gasteiger partial charge in [-0.1, -0.05) is 32.4 Å². The first-order chi connectivity index (χ1) is 9.54. The lowest BCUT2D eigenvalue weighted by molar-refractivity contribution is -0.144. The Morgan fingerprint density at radius 2 is 1.95 bits per heavy atom. The highest BCUT2D eigenvalue weighted by molar-refractivity contribution is 6.01. The molecule has 0 spiro atoms. The van der Waals surface area contributed by atoms with Gasteiger partial charge in [-0.15, -0.1) is 0 Å². The zero-order valence-electron chi connectivity index (χ0n) is 12.4. The Kier molecular flexibility index (Phi) is 6.03. The number of anilines is 1. The van der Waals surface area contributed by atoms with E-state index >= 15 is 0 Å². The molecule has 2 atom stereocenters. The maximum Gasteiger partial charge on any atom is 0.328 e. The number of carbonyl (C=O) groups is 2. The van der Waals surface area contributed by atoms with Crippen LogP contribution < -0.4 is 10.6 Å². The maximum atomic E-state index is 12.3. The Hall–Kier alpha value is -2.04. The molecule has 2 N–H and O–H groups in total. The number of para-hydroxylation sites is 1. The number of carbonyl (C=O) groups excluding carboxylic acids is 2. The van der Waals surface area contributed by atoms with Crippen LogP contribution in [0.5, 0.6) is 0 Å². The number of ether oxygens (including phenoxy) is 1. The summed E-state index contributed by atoms with van der Waals surface area (Å²) in [6, 6.07) is 6.51. The summed E-state index contributed by atoms with van der Waals surface area (Å²) in [5.41, 5.74) is 1.23. The van der Waals surface area contributed by atoms with E-state index in [-0.39, 0.29) is 11.8 Å². The van der Waals surface area contributed by atoms with Gasteiger partial charge in [0.05, 0.1) is 12.7 Å². The summed E-state index contributed by atoms with van der Waals surface area (Å²) in [6.07, 6.45) is 0.772. The summed E-state index contributed by atoms with van der Waals surface area (Å²) in [5.74, 6) is -0.701. The van der Waals surface area contributed by atoms with E-state index in [0.717, 1.165) is 12.1 Å². The molecular weight excluding hydrogens is 256 g/mol. The minimum Gasteiger partial charge on any atom is -0.467 e. The molecule has 0 fully saturated rings. The number of rotatable bonds is 6. The fraction of sp³-hybridized carbons (Fsp3) is 0.467. The van der Waals surface area contributed by atoms with Gasteiger partial charge in [0.25, 0.3) is 5.91 Å². The van der Waals surface area contributed by atoms with Gasteiger partial charge < -0.3 is 15.4 Å². The molecule has 0 heterocycles. The summed E-state index contributed by atoms with van der Waals surface area (Å²) in [6.45, 7) is 3.88. The molecule has 1 aromatic carbocycles. The standard InChI is InChI=1S/C15H22N2O3/c1-5-10(2)13(15(19)20-4)17-14(18)11-8-6-7-9-12(11)16-3/h6-10,13,16H,5H2,1-4H3,(H,17,18). The highest BCUT2D eigenvalue weighted by Crippen LogP contribution is 2.16. The SMILES string of the molecule is CCC(C)C(NC(=O)c1ccccc1NC)C(=O)OC. The molecule has 0 bridgehead atoms. The van der Waals surface area contributed by atoms with E-state index in [1.807, 2.05) is 26.0 Å². The first kappa shape index (κ1) is 16.0. The number of amides is 1. The van der Waals surface area contributed by atoms with Crippen molar-refractivity contribution in [2.24, 2.45) is 5.92 Å². The van der Waals surface area contributed by atoms with Crippen LogP contribution in [-0.4, -0.2) is 32.1 Å². The van der Waals surface area contributed by atoms with Crippen molar-refractivity contribution in [2.75, 3.05) is 19.5 Å². The minimum atomic E-state index is -0.637. The van der Waals surface area contributed by atoms with Crippen LogP contribution in [0.2, 0.25) is 0 Å². The highest BCUT2D eigenvalue weighted by Gasteiger charge is 2.27. The van der Waals surface area contributed by atoms with Crippen LogP contribution in [0, 0.1) is 5.92 Å². The van der Waals surface area contributed by atoms with E-state index < -0.39 is 12.0 Å². The molecule has 1 rings (SSSR count). The summed E-state index contributed by atoms with van der Waals surface area (Å²) < 4.78 is 4.76. The van der Waals surface area contributed by atoms with Crippen molar-refractivity contribution in [3.05, 3.63) is 29.8 Å². The zero-order chi connectivity index (χ0) is 15.1. The molecule has 0 aliphatic rings. The first-order valence-electron chi connectivity index (χ1n) is 6.70. The summed E-state index contributed by atoms with van der Waals surface area (Å²) in [4.78, 5) is 24.1. The number of nitrogens with one attached hydrogen (secondary N) is 2. The lowest BCUT2D eigenvalue weighted by Crippen LogP contribution is -2.45. The third kappa shape index (κ3) is 3.73. The van der Waals surface area contributed by atoms with Gasteiger partial charge in [0.1, 0.15) is 6.04 Å². The molecule has 0 aliphatic heterocycles. The van der Waals surface area contributed by atoms with E-state index in [9.17, 15) is 9.59 Å². The second-order valence-electron chi connectivity index (χ2n) is 4.66. The normalized spacial score (nSPS) is 13.2. The van der Waals surface area contributed by atoms with Gasteiger partial charge in [-0.3, -0.25) is 4.79 Å². The van der Waals surface area contributed by atoms with E-state index in [4.69, 9.17) is 4.74 Å². The Labute approximate surface area is 119 Å². The second kappa shape index (κ2) is 7.53. The van der Waals surface area contributed by atoms with Crippen molar-refractivity contribution in [2.45, 2.75) is 26.3 Å². The molecular formula is C15H22N2O3. The van der Waals surface area contributed by atoms with Gasteiger partial charge in [0.2, 0.25) is 0 Å². The van der Waals surface area contributed by atoms with Crippen molar-refractivity contribution >= 4 is 17.6 Å². The molecule has 0 aliphatic carbocycles.